The maximum atomic E-state index is 11.8. The highest BCUT2D eigenvalue weighted by Gasteiger charge is 2.32. The van der Waals surface area contributed by atoms with Crippen LogP contribution in [0, 0.1) is 5.92 Å². The Kier molecular flexibility index (Phi) is 7.58. The summed E-state index contributed by atoms with van der Waals surface area (Å²) in [4.78, 5) is 14.1. The lowest BCUT2D eigenvalue weighted by Gasteiger charge is -2.19. The van der Waals surface area contributed by atoms with Gasteiger partial charge in [0.1, 0.15) is 0 Å². The van der Waals surface area contributed by atoms with Gasteiger partial charge in [-0.15, -0.1) is 0 Å². The molecule has 1 aliphatic heterocycles. The molecule has 124 valence electrons. The molecule has 1 rings (SSSR count). The summed E-state index contributed by atoms with van der Waals surface area (Å²) < 4.78 is 29.3. The third-order valence-electron chi connectivity index (χ3n) is 3.63. The van der Waals surface area contributed by atoms with Crippen molar-refractivity contribution in [1.82, 2.24) is 14.9 Å². The maximum Gasteiger partial charge on any atom is 0.235 e. The molecule has 21 heavy (non-hydrogen) atoms. The van der Waals surface area contributed by atoms with Crippen LogP contribution < -0.4 is 10.0 Å². The second kappa shape index (κ2) is 8.67. The van der Waals surface area contributed by atoms with Crippen molar-refractivity contribution < 1.29 is 17.9 Å². The minimum atomic E-state index is -3.34. The van der Waals surface area contributed by atoms with E-state index in [-0.39, 0.29) is 18.5 Å². The molecule has 0 radical (unpaired) electrons. The van der Waals surface area contributed by atoms with Crippen LogP contribution in [-0.2, 0) is 19.6 Å². The van der Waals surface area contributed by atoms with Gasteiger partial charge in [0.15, 0.2) is 0 Å². The molecule has 2 N–H and O–H groups in total. The first-order chi connectivity index (χ1) is 9.85. The number of rotatable bonds is 9. The standard InChI is InChI=1S/C13H27N3O4S/c1-4-5-11-9-16(6-7-20-2)10-12(11)15-13(17)8-14-21(3,18)19/h11-12,14H,4-10H2,1-3H3,(H,15,17)/t11-,12-/m1/s1. The van der Waals surface area contributed by atoms with Crippen molar-refractivity contribution in [2.75, 3.05) is 46.2 Å². The Bertz CT molecular complexity index is 427. The summed E-state index contributed by atoms with van der Waals surface area (Å²) in [6, 6.07) is 0.0793. The van der Waals surface area contributed by atoms with Crippen molar-refractivity contribution in [3.8, 4) is 0 Å². The summed E-state index contributed by atoms with van der Waals surface area (Å²) in [5, 5.41) is 2.94. The molecule has 1 fully saturated rings. The van der Waals surface area contributed by atoms with E-state index in [1.165, 1.54) is 0 Å². The van der Waals surface area contributed by atoms with E-state index in [1.807, 2.05) is 0 Å². The second-order valence-corrected chi connectivity index (χ2v) is 7.40. The van der Waals surface area contributed by atoms with Crippen LogP contribution in [0.25, 0.3) is 0 Å². The lowest BCUT2D eigenvalue weighted by molar-refractivity contribution is -0.120. The van der Waals surface area contributed by atoms with Crippen LogP contribution in [0.3, 0.4) is 0 Å². The van der Waals surface area contributed by atoms with Gasteiger partial charge in [-0.2, -0.15) is 0 Å². The average Bonchev–Trinajstić information content (AvgIpc) is 2.76. The largest absolute Gasteiger partial charge is 0.383 e. The fraction of sp³-hybridized carbons (Fsp3) is 0.923. The molecule has 1 amide bonds. The van der Waals surface area contributed by atoms with Gasteiger partial charge in [-0.05, 0) is 12.3 Å². The molecule has 1 aliphatic rings. The van der Waals surface area contributed by atoms with Crippen LogP contribution in [-0.4, -0.2) is 71.4 Å². The Balaban J connectivity index is 2.47. The number of hydrogen-bond acceptors (Lipinski definition) is 5. The molecule has 8 heteroatoms. The molecule has 0 aromatic carbocycles. The highest BCUT2D eigenvalue weighted by Crippen LogP contribution is 2.21. The average molecular weight is 321 g/mol. The first-order valence-electron chi connectivity index (χ1n) is 7.31. The van der Waals surface area contributed by atoms with Crippen molar-refractivity contribution in [3.05, 3.63) is 0 Å². The monoisotopic (exact) mass is 321 g/mol. The molecule has 2 atom stereocenters. The van der Waals surface area contributed by atoms with Crippen LogP contribution >= 0.6 is 0 Å². The quantitative estimate of drug-likeness (QED) is 0.592. The second-order valence-electron chi connectivity index (χ2n) is 5.57. The lowest BCUT2D eigenvalue weighted by Crippen LogP contribution is -2.45. The van der Waals surface area contributed by atoms with Gasteiger partial charge in [0.25, 0.3) is 0 Å². The molecule has 7 nitrogen and oxygen atoms in total. The Morgan fingerprint density at radius 1 is 1.38 bits per heavy atom. The fourth-order valence-corrected chi connectivity index (χ4v) is 3.04. The van der Waals surface area contributed by atoms with E-state index in [1.54, 1.807) is 7.11 Å². The number of methoxy groups -OCH3 is 1. The summed E-state index contributed by atoms with van der Waals surface area (Å²) >= 11 is 0. The predicted molar refractivity (Wildman–Crippen MR) is 81.5 cm³/mol. The number of likely N-dealkylation sites (tertiary alicyclic amines) is 1. The zero-order chi connectivity index (χ0) is 15.9. The first kappa shape index (κ1) is 18.3. The minimum absolute atomic E-state index is 0.0793. The van der Waals surface area contributed by atoms with Crippen LogP contribution in [0.4, 0.5) is 0 Å². The number of carbonyl (C=O) groups excluding carboxylic acids is 1. The van der Waals surface area contributed by atoms with Gasteiger partial charge in [0.05, 0.1) is 19.4 Å². The molecule has 0 aliphatic carbocycles. The SMILES string of the molecule is CCC[C@@H]1CN(CCOC)C[C@H]1NC(=O)CNS(C)(=O)=O. The van der Waals surface area contributed by atoms with Crippen molar-refractivity contribution >= 4 is 15.9 Å². The smallest absolute Gasteiger partial charge is 0.235 e. The number of hydrogen-bond donors (Lipinski definition) is 2. The van der Waals surface area contributed by atoms with Gasteiger partial charge in [0, 0.05) is 32.8 Å². The van der Waals surface area contributed by atoms with Gasteiger partial charge >= 0.3 is 0 Å². The van der Waals surface area contributed by atoms with E-state index in [0.717, 1.165) is 38.7 Å². The number of amides is 1. The van der Waals surface area contributed by atoms with Crippen LogP contribution in [0.1, 0.15) is 19.8 Å². The molecule has 1 heterocycles. The van der Waals surface area contributed by atoms with E-state index in [4.69, 9.17) is 4.74 Å². The molecule has 0 bridgehead atoms. The van der Waals surface area contributed by atoms with Crippen molar-refractivity contribution in [1.29, 1.82) is 0 Å². The molecule has 1 saturated heterocycles. The molecule has 0 spiro atoms. The number of nitrogens with zero attached hydrogens (tertiary/aromatic N) is 1. The summed E-state index contributed by atoms with van der Waals surface area (Å²) in [6.07, 6.45) is 3.16. The Morgan fingerprint density at radius 2 is 2.10 bits per heavy atom. The van der Waals surface area contributed by atoms with Gasteiger partial charge in [0.2, 0.25) is 15.9 Å². The van der Waals surface area contributed by atoms with E-state index < -0.39 is 10.0 Å². The fourth-order valence-electron chi connectivity index (χ4n) is 2.64. The molecule has 0 unspecified atom stereocenters. The highest BCUT2D eigenvalue weighted by molar-refractivity contribution is 7.88. The van der Waals surface area contributed by atoms with Gasteiger partial charge < -0.3 is 10.1 Å². The lowest BCUT2D eigenvalue weighted by atomic mass is 9.98. The number of sulfonamides is 1. The van der Waals surface area contributed by atoms with E-state index in [2.05, 4.69) is 21.9 Å². The van der Waals surface area contributed by atoms with E-state index in [9.17, 15) is 13.2 Å². The summed E-state index contributed by atoms with van der Waals surface area (Å²) in [5.74, 6) is 0.133. The zero-order valence-electron chi connectivity index (χ0n) is 13.1. The topological polar surface area (TPSA) is 87.7 Å². The van der Waals surface area contributed by atoms with Crippen molar-refractivity contribution in [3.63, 3.8) is 0 Å². The van der Waals surface area contributed by atoms with Crippen LogP contribution in [0.5, 0.6) is 0 Å². The maximum absolute atomic E-state index is 11.8. The number of ether oxygens (including phenoxy) is 1. The first-order valence-corrected chi connectivity index (χ1v) is 9.20. The third kappa shape index (κ3) is 7.21. The predicted octanol–water partition coefficient (Wildman–Crippen LogP) is -0.601. The highest BCUT2D eigenvalue weighted by atomic mass is 32.2. The van der Waals surface area contributed by atoms with E-state index >= 15 is 0 Å². The van der Waals surface area contributed by atoms with Gasteiger partial charge in [-0.1, -0.05) is 13.3 Å². The molecule has 0 aromatic heterocycles. The van der Waals surface area contributed by atoms with Crippen LogP contribution in [0.2, 0.25) is 0 Å². The summed E-state index contributed by atoms with van der Waals surface area (Å²) in [6.45, 7) is 5.19. The third-order valence-corrected chi connectivity index (χ3v) is 4.30. The van der Waals surface area contributed by atoms with Gasteiger partial charge in [-0.25, -0.2) is 13.1 Å². The van der Waals surface area contributed by atoms with Gasteiger partial charge in [-0.3, -0.25) is 9.69 Å². The number of nitrogens with one attached hydrogen (secondary N) is 2. The van der Waals surface area contributed by atoms with Crippen molar-refractivity contribution in [2.24, 2.45) is 5.92 Å². The summed E-state index contributed by atoms with van der Waals surface area (Å²) in [7, 11) is -1.66. The Morgan fingerprint density at radius 3 is 2.67 bits per heavy atom. The van der Waals surface area contributed by atoms with Crippen molar-refractivity contribution in [2.45, 2.75) is 25.8 Å². The Hall–Kier alpha value is -0.700. The van der Waals surface area contributed by atoms with Crippen LogP contribution in [0.15, 0.2) is 0 Å². The number of carbonyl (C=O) groups is 1. The normalized spacial score (nSPS) is 23.4. The van der Waals surface area contributed by atoms with E-state index in [0.29, 0.717) is 12.5 Å². The zero-order valence-corrected chi connectivity index (χ0v) is 13.9. The molecular weight excluding hydrogens is 294 g/mol. The molecule has 0 saturated carbocycles. The molecular formula is C13H27N3O4S. The minimum Gasteiger partial charge on any atom is -0.383 e. The molecule has 0 aromatic rings. The summed E-state index contributed by atoms with van der Waals surface area (Å²) in [5.41, 5.74) is 0. The Labute approximate surface area is 127 Å².